The maximum Gasteiger partial charge on any atom is 0.204 e. The molecule has 254 valence electrons. The van der Waals surface area contributed by atoms with Gasteiger partial charge in [0.1, 0.15) is 0 Å². The molecule has 0 aliphatic carbocycles. The van der Waals surface area contributed by atoms with Crippen molar-refractivity contribution in [1.82, 2.24) is 30.0 Å². The number of likely N-dealkylation sites (tertiary alicyclic amines) is 1. The topological polar surface area (TPSA) is 85.4 Å². The number of rotatable bonds is 12. The van der Waals surface area contributed by atoms with Gasteiger partial charge in [0.05, 0.1) is 7.11 Å². The lowest BCUT2D eigenvalue weighted by Gasteiger charge is -2.43. The predicted molar refractivity (Wildman–Crippen MR) is 200 cm³/mol. The van der Waals surface area contributed by atoms with Gasteiger partial charge in [-0.1, -0.05) is 60.7 Å². The Balaban J connectivity index is 1.03. The molecule has 5 aromatic rings. The highest BCUT2D eigenvalue weighted by atomic mass is 32.2. The van der Waals surface area contributed by atoms with Crippen LogP contribution < -0.4 is 15.0 Å². The number of piperidine rings is 1. The molecule has 0 spiro atoms. The number of benzene rings is 3. The smallest absolute Gasteiger partial charge is 0.204 e. The molecule has 0 bridgehead atoms. The van der Waals surface area contributed by atoms with Crippen LogP contribution in [0.2, 0.25) is 0 Å². The number of aromatic amines is 1. The van der Waals surface area contributed by atoms with Crippen molar-refractivity contribution in [3.8, 4) is 5.75 Å². The summed E-state index contributed by atoms with van der Waals surface area (Å²) in [5.41, 5.74) is 3.69. The molecule has 11 heteroatoms. The molecule has 2 aromatic heterocycles. The van der Waals surface area contributed by atoms with E-state index in [4.69, 9.17) is 14.7 Å². The fourth-order valence-corrected chi connectivity index (χ4v) is 8.19. The van der Waals surface area contributed by atoms with Gasteiger partial charge in [-0.2, -0.15) is 5.10 Å². The number of anilines is 3. The number of H-pyrrole nitrogens is 1. The van der Waals surface area contributed by atoms with Crippen molar-refractivity contribution in [1.29, 1.82) is 0 Å². The first-order valence-corrected chi connectivity index (χ1v) is 18.8. The summed E-state index contributed by atoms with van der Waals surface area (Å²) < 4.78 is 6.00. The van der Waals surface area contributed by atoms with Gasteiger partial charge in [-0.05, 0) is 80.0 Å². The average molecular weight is 693 g/mol. The number of nitrogens with one attached hydrogen (secondary N) is 2. The van der Waals surface area contributed by atoms with Gasteiger partial charge in [0.2, 0.25) is 5.75 Å². The van der Waals surface area contributed by atoms with Crippen molar-refractivity contribution in [2.24, 2.45) is 0 Å². The van der Waals surface area contributed by atoms with Crippen LogP contribution in [0.25, 0.3) is 0 Å². The van der Waals surface area contributed by atoms with Crippen molar-refractivity contribution in [2.75, 3.05) is 56.6 Å². The first-order valence-electron chi connectivity index (χ1n) is 17.0. The minimum atomic E-state index is 0.616. The molecule has 0 amide bonds. The third kappa shape index (κ3) is 8.77. The normalized spacial score (nSPS) is 16.2. The lowest BCUT2D eigenvalue weighted by molar-refractivity contribution is 0.0996. The molecule has 49 heavy (non-hydrogen) atoms. The zero-order valence-electron chi connectivity index (χ0n) is 28.2. The molecule has 2 fully saturated rings. The molecular weight excluding hydrogens is 649 g/mol. The molecule has 2 aliphatic rings. The number of piperazine rings is 1. The highest BCUT2D eigenvalue weighted by molar-refractivity contribution is 7.99. The van der Waals surface area contributed by atoms with E-state index in [-0.39, 0.29) is 0 Å². The molecule has 2 saturated heterocycles. The van der Waals surface area contributed by atoms with E-state index in [2.05, 4.69) is 115 Å². The lowest BCUT2D eigenvalue weighted by atomic mass is 10.0. The summed E-state index contributed by atoms with van der Waals surface area (Å²) in [6.07, 6.45) is 2.43. The van der Waals surface area contributed by atoms with E-state index in [1.165, 1.54) is 28.9 Å². The summed E-state index contributed by atoms with van der Waals surface area (Å²) in [7, 11) is 1.70. The Kier molecular flexibility index (Phi) is 11.0. The Labute approximate surface area is 297 Å². The second-order valence-corrected chi connectivity index (χ2v) is 14.7. The van der Waals surface area contributed by atoms with Gasteiger partial charge in [0, 0.05) is 66.1 Å². The van der Waals surface area contributed by atoms with E-state index in [9.17, 15) is 0 Å². The lowest BCUT2D eigenvalue weighted by Crippen LogP contribution is -2.53. The van der Waals surface area contributed by atoms with E-state index in [1.54, 1.807) is 18.9 Å². The third-order valence-electron chi connectivity index (χ3n) is 9.20. The van der Waals surface area contributed by atoms with Gasteiger partial charge in [0.15, 0.2) is 22.6 Å². The zero-order valence-corrected chi connectivity index (χ0v) is 29.8. The fourth-order valence-electron chi connectivity index (χ4n) is 6.59. The molecule has 2 N–H and O–H groups in total. The van der Waals surface area contributed by atoms with Crippen LogP contribution in [-0.4, -0.2) is 82.4 Å². The van der Waals surface area contributed by atoms with Crippen LogP contribution in [0, 0.1) is 6.92 Å². The van der Waals surface area contributed by atoms with Gasteiger partial charge in [-0.3, -0.25) is 14.9 Å². The Morgan fingerprint density at radius 3 is 2.14 bits per heavy atom. The highest BCUT2D eigenvalue weighted by Gasteiger charge is 2.30. The van der Waals surface area contributed by atoms with E-state index in [1.807, 2.05) is 24.8 Å². The number of methoxy groups -OCH3 is 1. The molecule has 2 aliphatic heterocycles. The fraction of sp³-hybridized carbons (Fsp3) is 0.342. The number of thioether (sulfide) groups is 1. The van der Waals surface area contributed by atoms with Crippen molar-refractivity contribution < 1.29 is 4.74 Å². The Hall–Kier alpha value is -4.03. The summed E-state index contributed by atoms with van der Waals surface area (Å²) in [4.78, 5) is 20.0. The summed E-state index contributed by atoms with van der Waals surface area (Å²) in [5, 5.41) is 11.5. The van der Waals surface area contributed by atoms with Crippen LogP contribution in [0.15, 0.2) is 106 Å². The minimum absolute atomic E-state index is 0.616. The molecule has 0 atom stereocenters. The van der Waals surface area contributed by atoms with Crippen LogP contribution in [0.1, 0.15) is 29.7 Å². The van der Waals surface area contributed by atoms with Gasteiger partial charge in [0.25, 0.3) is 0 Å². The molecule has 3 aromatic carbocycles. The molecular formula is C38H44N8OS2. The van der Waals surface area contributed by atoms with Crippen molar-refractivity contribution in [3.05, 3.63) is 108 Å². The quantitative estimate of drug-likeness (QED) is 0.101. The Bertz CT molecular complexity index is 1770. The number of nitrogens with zero attached hydrogens (tertiary/aromatic N) is 6. The number of ether oxygens (including phenoxy) is 1. The summed E-state index contributed by atoms with van der Waals surface area (Å²) >= 11 is 3.41. The maximum atomic E-state index is 6.00. The second kappa shape index (κ2) is 16.1. The summed E-state index contributed by atoms with van der Waals surface area (Å²) in [6, 6.07) is 32.7. The van der Waals surface area contributed by atoms with E-state index >= 15 is 0 Å². The van der Waals surface area contributed by atoms with Crippen LogP contribution in [0.4, 0.5) is 17.5 Å². The largest absolute Gasteiger partial charge is 0.490 e. The van der Waals surface area contributed by atoms with E-state index in [0.29, 0.717) is 28.6 Å². The minimum Gasteiger partial charge on any atom is -0.490 e. The number of aryl methyl sites for hydroxylation is 1. The summed E-state index contributed by atoms with van der Waals surface area (Å²) in [6.45, 7) is 9.09. The Morgan fingerprint density at radius 1 is 0.816 bits per heavy atom. The SMILES string of the molecule is COc1c(Nc2cc(C)[nH]n2)nc(Sc2ccc(SCc3ccccc3)cc2)nc1N1CCN(C2CCN(Cc3ccccc3)CC2)CC1. The van der Waals surface area contributed by atoms with Crippen molar-refractivity contribution >= 4 is 41.0 Å². The average Bonchev–Trinajstić information content (AvgIpc) is 3.56. The van der Waals surface area contributed by atoms with Gasteiger partial charge < -0.3 is 15.0 Å². The molecule has 0 saturated carbocycles. The van der Waals surface area contributed by atoms with Gasteiger partial charge in [-0.25, -0.2) is 9.97 Å². The predicted octanol–water partition coefficient (Wildman–Crippen LogP) is 7.49. The van der Waals surface area contributed by atoms with Crippen LogP contribution in [0.3, 0.4) is 0 Å². The number of hydrogen-bond donors (Lipinski definition) is 2. The van der Waals surface area contributed by atoms with Crippen molar-refractivity contribution in [3.63, 3.8) is 0 Å². The zero-order chi connectivity index (χ0) is 33.4. The summed E-state index contributed by atoms with van der Waals surface area (Å²) in [5.74, 6) is 3.72. The van der Waals surface area contributed by atoms with Crippen LogP contribution >= 0.6 is 23.5 Å². The standard InChI is InChI=1S/C38H44N8OS2/c1-28-25-34(43-42-28)39-36-35(47-2)37(41-38(40-36)49-33-15-13-32(14-16-33)48-27-30-11-7-4-8-12-30)46-23-21-45(22-24-46)31-17-19-44(20-18-31)26-29-9-5-3-6-10-29/h3-16,25,31H,17-24,26-27H2,1-2H3,(H2,39,40,41,42,43). The molecule has 9 nitrogen and oxygen atoms in total. The second-order valence-electron chi connectivity index (χ2n) is 12.6. The highest BCUT2D eigenvalue weighted by Crippen LogP contribution is 2.39. The molecule has 0 radical (unpaired) electrons. The molecule has 4 heterocycles. The van der Waals surface area contributed by atoms with Crippen LogP contribution in [-0.2, 0) is 12.3 Å². The first-order chi connectivity index (χ1) is 24.1. The molecule has 0 unspecified atom stereocenters. The van der Waals surface area contributed by atoms with Crippen LogP contribution in [0.5, 0.6) is 5.75 Å². The van der Waals surface area contributed by atoms with Gasteiger partial charge >= 0.3 is 0 Å². The maximum absolute atomic E-state index is 6.00. The monoisotopic (exact) mass is 692 g/mol. The number of hydrogen-bond acceptors (Lipinski definition) is 10. The number of aromatic nitrogens is 4. The third-order valence-corrected chi connectivity index (χ3v) is 11.2. The first kappa shape index (κ1) is 33.5. The van der Waals surface area contributed by atoms with Gasteiger partial charge in [-0.15, -0.1) is 11.8 Å². The Morgan fingerprint density at radius 2 is 1.49 bits per heavy atom. The molecule has 7 rings (SSSR count). The van der Waals surface area contributed by atoms with Crippen molar-refractivity contribution in [2.45, 2.75) is 53.1 Å². The van der Waals surface area contributed by atoms with E-state index in [0.717, 1.165) is 68.0 Å². The van der Waals surface area contributed by atoms with E-state index < -0.39 is 0 Å².